The van der Waals surface area contributed by atoms with Gasteiger partial charge in [0.1, 0.15) is 0 Å². The van der Waals surface area contributed by atoms with Crippen LogP contribution in [0, 0.1) is 0 Å². The molecule has 2 aromatic rings. The average molecular weight is 298 g/mol. The van der Waals surface area contributed by atoms with Gasteiger partial charge < -0.3 is 4.43 Å². The van der Waals surface area contributed by atoms with E-state index in [1.807, 2.05) is 36.4 Å². The van der Waals surface area contributed by atoms with Crippen LogP contribution >= 0.6 is 0 Å². The Morgan fingerprint density at radius 2 is 1.52 bits per heavy atom. The number of benzene rings is 2. The summed E-state index contributed by atoms with van der Waals surface area (Å²) in [4.78, 5) is 0. The fourth-order valence-corrected chi connectivity index (χ4v) is 7.37. The molecular weight excluding hydrogens is 272 g/mol. The Hall–Kier alpha value is -1.64. The van der Waals surface area contributed by atoms with Gasteiger partial charge in [-0.1, -0.05) is 87.5 Å². The van der Waals surface area contributed by atoms with Crippen molar-refractivity contribution in [1.82, 2.24) is 0 Å². The first-order chi connectivity index (χ1) is 10.9. The van der Waals surface area contributed by atoms with E-state index in [0.717, 1.165) is 6.55 Å². The molecule has 0 radical (unpaired) electrons. The molecule has 2 aromatic carbocycles. The molecule has 0 aromatic heterocycles. The highest BCUT2D eigenvalue weighted by atomic mass is 28.4. The summed E-state index contributed by atoms with van der Waals surface area (Å²) < 4.78 is 21.6. The van der Waals surface area contributed by atoms with Crippen molar-refractivity contribution in [3.63, 3.8) is 0 Å². The van der Waals surface area contributed by atoms with E-state index in [0.29, 0.717) is 0 Å². The number of hydrogen-bond donors (Lipinski definition) is 0. The maximum atomic E-state index is 7.80. The smallest absolute Gasteiger partial charge is 0.261 e. The van der Waals surface area contributed by atoms with Crippen LogP contribution in [0.25, 0.3) is 0 Å². The van der Waals surface area contributed by atoms with Crippen LogP contribution in [0.15, 0.2) is 73.3 Å². The van der Waals surface area contributed by atoms with E-state index in [1.165, 1.54) is 10.4 Å². The normalized spacial score (nSPS) is 14.5. The first-order valence-electron chi connectivity index (χ1n) is 8.28. The van der Waals surface area contributed by atoms with Crippen LogP contribution < -0.4 is 10.4 Å². The second-order valence-electron chi connectivity index (χ2n) is 6.16. The zero-order valence-electron chi connectivity index (χ0n) is 15.0. The van der Waals surface area contributed by atoms with E-state index in [2.05, 4.69) is 45.0 Å². The Morgan fingerprint density at radius 1 is 1.05 bits per heavy atom. The molecule has 0 aliphatic carbocycles. The quantitative estimate of drug-likeness (QED) is 0.603. The predicted octanol–water partition coefficient (Wildman–Crippen LogP) is 3.75. The molecule has 0 saturated carbocycles. The van der Waals surface area contributed by atoms with Crippen LogP contribution in [0.3, 0.4) is 0 Å². The molecule has 2 heteroatoms. The van der Waals surface area contributed by atoms with Gasteiger partial charge in [0.05, 0.1) is 9.35 Å². The van der Waals surface area contributed by atoms with Gasteiger partial charge in [0.15, 0.2) is 0 Å². The molecule has 0 spiro atoms. The molecule has 0 saturated heterocycles. The van der Waals surface area contributed by atoms with Gasteiger partial charge in [-0.3, -0.25) is 0 Å². The maximum absolute atomic E-state index is 7.80. The molecule has 0 N–H and O–H groups in total. The maximum Gasteiger partial charge on any atom is 0.261 e. The van der Waals surface area contributed by atoms with Crippen LogP contribution in [-0.2, 0) is 4.43 Å². The first kappa shape index (κ1) is 13.1. The van der Waals surface area contributed by atoms with Crippen molar-refractivity contribution in [2.24, 2.45) is 0 Å². The van der Waals surface area contributed by atoms with Gasteiger partial charge in [-0.2, -0.15) is 0 Å². The highest BCUT2D eigenvalue weighted by molar-refractivity contribution is 6.99. The molecule has 0 fully saturated rings. The van der Waals surface area contributed by atoms with Gasteiger partial charge in [-0.15, -0.1) is 6.55 Å². The van der Waals surface area contributed by atoms with Gasteiger partial charge in [-0.05, 0) is 15.4 Å². The van der Waals surface area contributed by atoms with Gasteiger partial charge in [0, 0.05) is 0 Å². The summed E-state index contributed by atoms with van der Waals surface area (Å²) in [6, 6.07) is 20.9. The SMILES string of the molecule is [2H]C=C([2H])CO[Si](c1ccccc1)(c1ccccc1)C(C)(C)C. The van der Waals surface area contributed by atoms with Gasteiger partial charge in [-0.25, -0.2) is 0 Å². The van der Waals surface area contributed by atoms with Crippen molar-refractivity contribution in [3.05, 3.63) is 73.3 Å². The molecular formula is C19H24OSi. The van der Waals surface area contributed by atoms with Crippen LogP contribution in [-0.4, -0.2) is 14.9 Å². The Bertz CT molecular complexity index is 609. The summed E-state index contributed by atoms with van der Waals surface area (Å²) in [5.74, 6) is 0. The molecule has 110 valence electrons. The third kappa shape index (κ3) is 3.02. The third-order valence-corrected chi connectivity index (χ3v) is 8.77. The minimum absolute atomic E-state index is 0.0992. The van der Waals surface area contributed by atoms with Crippen molar-refractivity contribution in [3.8, 4) is 0 Å². The van der Waals surface area contributed by atoms with Crippen LogP contribution in [0.2, 0.25) is 5.04 Å². The summed E-state index contributed by atoms with van der Waals surface area (Å²) in [7, 11) is -2.57. The molecule has 0 aliphatic heterocycles. The van der Waals surface area contributed by atoms with E-state index >= 15 is 0 Å². The van der Waals surface area contributed by atoms with Crippen LogP contribution in [0.4, 0.5) is 0 Å². The van der Waals surface area contributed by atoms with Crippen molar-refractivity contribution in [2.45, 2.75) is 25.8 Å². The lowest BCUT2D eigenvalue weighted by Gasteiger charge is -2.42. The second-order valence-corrected chi connectivity index (χ2v) is 10.5. The fourth-order valence-electron chi connectivity index (χ4n) is 2.91. The largest absolute Gasteiger partial charge is 0.404 e. The number of rotatable bonds is 5. The van der Waals surface area contributed by atoms with E-state index in [9.17, 15) is 0 Å². The fraction of sp³-hybridized carbons (Fsp3) is 0.263. The van der Waals surface area contributed by atoms with Crippen molar-refractivity contribution in [1.29, 1.82) is 0 Å². The van der Waals surface area contributed by atoms with Gasteiger partial charge >= 0.3 is 0 Å². The molecule has 0 unspecified atom stereocenters. The highest BCUT2D eigenvalue weighted by Crippen LogP contribution is 2.36. The minimum atomic E-state index is -2.57. The van der Waals surface area contributed by atoms with E-state index in [1.54, 1.807) is 0 Å². The second kappa shape index (κ2) is 6.42. The van der Waals surface area contributed by atoms with E-state index in [-0.39, 0.29) is 17.7 Å². The average Bonchev–Trinajstić information content (AvgIpc) is 2.56. The molecule has 21 heavy (non-hydrogen) atoms. The van der Waals surface area contributed by atoms with Gasteiger partial charge in [0.25, 0.3) is 8.32 Å². The molecule has 0 heterocycles. The summed E-state index contributed by atoms with van der Waals surface area (Å²) in [6.45, 7) is 7.82. The lowest BCUT2D eigenvalue weighted by molar-refractivity contribution is 0.339. The first-order valence-corrected chi connectivity index (χ1v) is 9.11. The standard InChI is InChI=1S/C19H24OSi/c1-5-16-20-21(19(2,3)4,17-12-8-6-9-13-17)18-14-10-7-11-15-18/h5-15H,1,16H2,2-4H3/i1D,5D. The Kier molecular flexibility index (Phi) is 3.99. The van der Waals surface area contributed by atoms with Crippen molar-refractivity contribution >= 4 is 18.7 Å². The topological polar surface area (TPSA) is 9.23 Å². The zero-order valence-corrected chi connectivity index (χ0v) is 14.0. The summed E-state index contributed by atoms with van der Waals surface area (Å²) in [6.07, 6.45) is 0. The van der Waals surface area contributed by atoms with Crippen molar-refractivity contribution in [2.75, 3.05) is 6.61 Å². The van der Waals surface area contributed by atoms with E-state index < -0.39 is 8.32 Å². The lowest BCUT2D eigenvalue weighted by Crippen LogP contribution is -2.66. The summed E-state index contributed by atoms with van der Waals surface area (Å²) >= 11 is 0. The Balaban J connectivity index is 2.64. The van der Waals surface area contributed by atoms with Crippen LogP contribution in [0.1, 0.15) is 23.5 Å². The Morgan fingerprint density at radius 3 is 1.90 bits per heavy atom. The van der Waals surface area contributed by atoms with Gasteiger partial charge in [0.2, 0.25) is 0 Å². The molecule has 2 rings (SSSR count). The molecule has 0 amide bonds. The minimum Gasteiger partial charge on any atom is -0.404 e. The zero-order chi connectivity index (χ0) is 16.9. The van der Waals surface area contributed by atoms with Crippen molar-refractivity contribution < 1.29 is 7.17 Å². The molecule has 0 atom stereocenters. The molecule has 0 aliphatic rings. The van der Waals surface area contributed by atoms with Crippen LogP contribution in [0.5, 0.6) is 0 Å². The lowest BCUT2D eigenvalue weighted by atomic mass is 10.2. The molecule has 1 nitrogen and oxygen atoms in total. The summed E-state index contributed by atoms with van der Waals surface area (Å²) in [5.41, 5.74) is 0. The van der Waals surface area contributed by atoms with E-state index in [4.69, 9.17) is 7.17 Å². The Labute approximate surface area is 132 Å². The highest BCUT2D eigenvalue weighted by Gasteiger charge is 2.49. The monoisotopic (exact) mass is 298 g/mol. The summed E-state index contributed by atoms with van der Waals surface area (Å²) in [5, 5.41) is 2.28. The number of hydrogen-bond acceptors (Lipinski definition) is 1. The third-order valence-electron chi connectivity index (χ3n) is 3.79. The molecule has 0 bridgehead atoms. The predicted molar refractivity (Wildman–Crippen MR) is 93.8 cm³/mol.